The molecule has 1 aliphatic rings. The number of hydrogen-bond donors (Lipinski definition) is 1. The predicted molar refractivity (Wildman–Crippen MR) is 105 cm³/mol. The largest absolute Gasteiger partial charge is 0.330 e. The van der Waals surface area contributed by atoms with Crippen LogP contribution >= 0.6 is 35.4 Å². The van der Waals surface area contributed by atoms with Crippen LogP contribution in [0.3, 0.4) is 0 Å². The molecule has 1 aromatic heterocycles. The average molecular weight is 397 g/mol. The molecule has 0 saturated heterocycles. The summed E-state index contributed by atoms with van der Waals surface area (Å²) in [5.41, 5.74) is 1.55. The van der Waals surface area contributed by atoms with Gasteiger partial charge in [-0.25, -0.2) is 14.7 Å². The molecular formula is C16H18Cl2N6S. The molecule has 132 valence electrons. The molecule has 0 saturated carbocycles. The topological polar surface area (TPSA) is 58.3 Å². The van der Waals surface area contributed by atoms with Crippen LogP contribution in [0.5, 0.6) is 0 Å². The Morgan fingerprint density at radius 3 is 2.68 bits per heavy atom. The van der Waals surface area contributed by atoms with Crippen LogP contribution in [-0.4, -0.2) is 37.1 Å². The van der Waals surface area contributed by atoms with E-state index in [0.29, 0.717) is 27.4 Å². The number of nitrogens with one attached hydrogen (secondary N) is 1. The number of hydrogen-bond acceptors (Lipinski definition) is 4. The highest BCUT2D eigenvalue weighted by Gasteiger charge is 2.37. The van der Waals surface area contributed by atoms with E-state index in [1.165, 1.54) is 6.33 Å². The fraction of sp³-hybridized carbons (Fsp3) is 0.375. The highest BCUT2D eigenvalue weighted by atomic mass is 35.5. The van der Waals surface area contributed by atoms with Crippen LogP contribution in [-0.2, 0) is 0 Å². The Hall–Kier alpha value is -1.70. The summed E-state index contributed by atoms with van der Waals surface area (Å²) < 4.78 is 1.81. The van der Waals surface area contributed by atoms with E-state index in [1.807, 2.05) is 4.68 Å². The Labute approximate surface area is 161 Å². The van der Waals surface area contributed by atoms with Crippen molar-refractivity contribution in [3.8, 4) is 0 Å². The molecule has 9 heteroatoms. The first-order chi connectivity index (χ1) is 11.8. The van der Waals surface area contributed by atoms with E-state index in [1.54, 1.807) is 29.5 Å². The van der Waals surface area contributed by atoms with Crippen molar-refractivity contribution in [3.63, 3.8) is 0 Å². The summed E-state index contributed by atoms with van der Waals surface area (Å²) in [5.74, 6) is 0. The zero-order chi connectivity index (χ0) is 18.2. The second kappa shape index (κ2) is 6.90. The van der Waals surface area contributed by atoms with Crippen LogP contribution in [0.25, 0.3) is 0 Å². The summed E-state index contributed by atoms with van der Waals surface area (Å²) >= 11 is 17.7. The lowest BCUT2D eigenvalue weighted by molar-refractivity contribution is 0.424. The molecule has 3 rings (SSSR count). The van der Waals surface area contributed by atoms with Gasteiger partial charge in [-0.2, -0.15) is 10.2 Å². The third kappa shape index (κ3) is 3.94. The van der Waals surface area contributed by atoms with Crippen molar-refractivity contribution in [3.05, 3.63) is 40.9 Å². The summed E-state index contributed by atoms with van der Waals surface area (Å²) in [5, 5.41) is 15.4. The maximum Gasteiger partial charge on any atom is 0.194 e. The van der Waals surface area contributed by atoms with Crippen molar-refractivity contribution in [2.75, 3.05) is 11.9 Å². The van der Waals surface area contributed by atoms with Gasteiger partial charge in [-0.05, 0) is 30.4 Å². The maximum atomic E-state index is 6.21. The molecule has 6 nitrogen and oxygen atoms in total. The van der Waals surface area contributed by atoms with Gasteiger partial charge >= 0.3 is 0 Å². The molecule has 0 bridgehead atoms. The summed E-state index contributed by atoms with van der Waals surface area (Å²) in [6, 6.07) is 5.18. The van der Waals surface area contributed by atoms with Crippen LogP contribution in [0, 0.1) is 5.41 Å². The first kappa shape index (κ1) is 18.1. The summed E-state index contributed by atoms with van der Waals surface area (Å²) in [6.45, 7) is 6.93. The molecule has 0 spiro atoms. The van der Waals surface area contributed by atoms with Gasteiger partial charge in [0.2, 0.25) is 0 Å². The molecule has 1 unspecified atom stereocenters. The lowest BCUT2D eigenvalue weighted by atomic mass is 9.86. The highest BCUT2D eigenvalue weighted by molar-refractivity contribution is 7.80. The number of aromatic nitrogens is 3. The van der Waals surface area contributed by atoms with Crippen LogP contribution in [0.2, 0.25) is 10.0 Å². The minimum atomic E-state index is -0.126. The number of rotatable bonds is 2. The highest BCUT2D eigenvalue weighted by Crippen LogP contribution is 2.31. The summed E-state index contributed by atoms with van der Waals surface area (Å²) in [4.78, 5) is 4.04. The van der Waals surface area contributed by atoms with Gasteiger partial charge in [0.25, 0.3) is 0 Å². The number of benzene rings is 1. The van der Waals surface area contributed by atoms with E-state index in [-0.39, 0.29) is 11.5 Å². The molecule has 1 N–H and O–H groups in total. The van der Waals surface area contributed by atoms with Gasteiger partial charge in [-0.1, -0.05) is 44.0 Å². The van der Waals surface area contributed by atoms with Crippen molar-refractivity contribution >= 4 is 51.9 Å². The maximum absolute atomic E-state index is 6.21. The van der Waals surface area contributed by atoms with Crippen LogP contribution in [0.15, 0.2) is 36.0 Å². The normalized spacial score (nSPS) is 17.6. The van der Waals surface area contributed by atoms with E-state index in [0.717, 1.165) is 5.71 Å². The van der Waals surface area contributed by atoms with Crippen molar-refractivity contribution in [1.29, 1.82) is 0 Å². The first-order valence-electron chi connectivity index (χ1n) is 7.72. The molecule has 0 fully saturated rings. The van der Waals surface area contributed by atoms with Gasteiger partial charge < -0.3 is 5.32 Å². The third-order valence-corrected chi connectivity index (χ3v) is 4.68. The summed E-state index contributed by atoms with van der Waals surface area (Å²) in [6.07, 6.45) is 3.22. The molecule has 2 aromatic rings. The van der Waals surface area contributed by atoms with Crippen molar-refractivity contribution in [1.82, 2.24) is 19.8 Å². The molecule has 25 heavy (non-hydrogen) atoms. The second-order valence-corrected chi connectivity index (χ2v) is 7.99. The molecule has 2 heterocycles. The number of nitrogens with zero attached hydrogens (tertiary/aromatic N) is 5. The van der Waals surface area contributed by atoms with Gasteiger partial charge in [0.05, 0.1) is 23.0 Å². The van der Waals surface area contributed by atoms with Gasteiger partial charge in [-0.3, -0.25) is 0 Å². The Morgan fingerprint density at radius 2 is 2.08 bits per heavy atom. The van der Waals surface area contributed by atoms with E-state index in [4.69, 9.17) is 40.5 Å². The van der Waals surface area contributed by atoms with Crippen LogP contribution in [0.1, 0.15) is 26.8 Å². The Bertz CT molecular complexity index is 813. The molecule has 0 amide bonds. The number of halogens is 2. The van der Waals surface area contributed by atoms with Gasteiger partial charge in [0, 0.05) is 10.4 Å². The zero-order valence-electron chi connectivity index (χ0n) is 14.1. The van der Waals surface area contributed by atoms with Gasteiger partial charge in [0.1, 0.15) is 18.7 Å². The molecule has 1 aromatic carbocycles. The molecule has 0 aliphatic carbocycles. The molecular weight excluding hydrogens is 379 g/mol. The molecule has 1 aliphatic heterocycles. The zero-order valence-corrected chi connectivity index (χ0v) is 16.4. The average Bonchev–Trinajstić information content (AvgIpc) is 3.17. The van der Waals surface area contributed by atoms with Crippen molar-refractivity contribution in [2.45, 2.75) is 26.8 Å². The molecule has 0 radical (unpaired) electrons. The van der Waals surface area contributed by atoms with Crippen molar-refractivity contribution < 1.29 is 0 Å². The van der Waals surface area contributed by atoms with Crippen molar-refractivity contribution in [2.24, 2.45) is 10.5 Å². The Morgan fingerprint density at radius 1 is 1.32 bits per heavy atom. The quantitative estimate of drug-likeness (QED) is 0.769. The van der Waals surface area contributed by atoms with E-state index < -0.39 is 0 Å². The smallest absolute Gasteiger partial charge is 0.194 e. The Kier molecular flexibility index (Phi) is 4.99. The monoisotopic (exact) mass is 396 g/mol. The number of thiocarbonyl (C=S) groups is 1. The SMILES string of the molecule is CC(C)(C)C1=NN(C(=S)Nc2ccc(Cl)cc2Cl)CC1n1cncn1. The number of anilines is 1. The minimum absolute atomic E-state index is 0.0251. The van der Waals surface area contributed by atoms with Crippen LogP contribution in [0.4, 0.5) is 5.69 Å². The number of hydrazone groups is 1. The molecule has 1 atom stereocenters. The summed E-state index contributed by atoms with van der Waals surface area (Å²) in [7, 11) is 0. The standard InChI is InChI=1S/C16H18Cl2N6S/c1-16(2,3)14-13(24-9-19-8-20-24)7-23(22-14)15(25)21-12-5-4-10(17)6-11(12)18/h4-6,8-9,13H,7H2,1-3H3,(H,21,25). The van der Waals surface area contributed by atoms with Gasteiger partial charge in [-0.15, -0.1) is 0 Å². The van der Waals surface area contributed by atoms with Gasteiger partial charge in [0.15, 0.2) is 5.11 Å². The lowest BCUT2D eigenvalue weighted by Crippen LogP contribution is -2.33. The lowest BCUT2D eigenvalue weighted by Gasteiger charge is -2.23. The van der Waals surface area contributed by atoms with E-state index in [9.17, 15) is 0 Å². The Balaban J connectivity index is 1.82. The van der Waals surface area contributed by atoms with E-state index in [2.05, 4.69) is 36.2 Å². The fourth-order valence-corrected chi connectivity index (χ4v) is 3.30. The second-order valence-electron chi connectivity index (χ2n) is 6.76. The predicted octanol–water partition coefficient (Wildman–Crippen LogP) is 4.24. The van der Waals surface area contributed by atoms with Crippen LogP contribution < -0.4 is 5.32 Å². The van der Waals surface area contributed by atoms with E-state index >= 15 is 0 Å². The minimum Gasteiger partial charge on any atom is -0.330 e. The first-order valence-corrected chi connectivity index (χ1v) is 8.89. The third-order valence-electron chi connectivity index (χ3n) is 3.82. The fourth-order valence-electron chi connectivity index (χ4n) is 2.62.